The summed E-state index contributed by atoms with van der Waals surface area (Å²) in [5.74, 6) is 0. The van der Waals surface area contributed by atoms with Crippen LogP contribution >= 0.6 is 11.6 Å². The van der Waals surface area contributed by atoms with E-state index in [1.54, 1.807) is 0 Å². The lowest BCUT2D eigenvalue weighted by Gasteiger charge is -2.15. The third-order valence-electron chi connectivity index (χ3n) is 2.13. The second kappa shape index (κ2) is 5.94. The van der Waals surface area contributed by atoms with E-state index in [2.05, 4.69) is 38.2 Å². The lowest BCUT2D eigenvalue weighted by Crippen LogP contribution is -2.19. The molecule has 1 unspecified atom stereocenters. The Morgan fingerprint density at radius 1 is 1.47 bits per heavy atom. The van der Waals surface area contributed by atoms with Gasteiger partial charge in [-0.15, -0.1) is 0 Å². The molecule has 2 heteroatoms. The summed E-state index contributed by atoms with van der Waals surface area (Å²) in [6.45, 7) is 7.26. The Kier molecular flexibility index (Phi) is 4.86. The van der Waals surface area contributed by atoms with Gasteiger partial charge in [-0.25, -0.2) is 0 Å². The first-order valence-corrected chi connectivity index (χ1v) is 5.65. The van der Waals surface area contributed by atoms with Gasteiger partial charge in [-0.05, 0) is 38.1 Å². The standard InChI is InChI=1S/C13H18ClN/c1-4-15-13(8-10(2)3)11-6-5-7-12(14)9-11/h5-9,13,15H,4H2,1-3H3. The molecule has 1 atom stereocenters. The molecule has 0 fully saturated rings. The second-order valence-electron chi connectivity index (χ2n) is 3.83. The van der Waals surface area contributed by atoms with Crippen LogP contribution in [0.25, 0.3) is 0 Å². The van der Waals surface area contributed by atoms with Gasteiger partial charge in [0.15, 0.2) is 0 Å². The van der Waals surface area contributed by atoms with E-state index < -0.39 is 0 Å². The van der Waals surface area contributed by atoms with Crippen LogP contribution < -0.4 is 5.32 Å². The number of nitrogens with one attached hydrogen (secondary N) is 1. The second-order valence-corrected chi connectivity index (χ2v) is 4.27. The zero-order valence-corrected chi connectivity index (χ0v) is 10.3. The number of allylic oxidation sites excluding steroid dienone is 1. The number of rotatable bonds is 4. The Balaban J connectivity index is 2.93. The van der Waals surface area contributed by atoms with Crippen molar-refractivity contribution in [1.82, 2.24) is 5.32 Å². The smallest absolute Gasteiger partial charge is 0.0509 e. The Hall–Kier alpha value is -0.790. The van der Waals surface area contributed by atoms with Gasteiger partial charge in [0.1, 0.15) is 0 Å². The van der Waals surface area contributed by atoms with Gasteiger partial charge < -0.3 is 5.32 Å². The monoisotopic (exact) mass is 223 g/mol. The van der Waals surface area contributed by atoms with Crippen molar-refractivity contribution in [2.24, 2.45) is 0 Å². The minimum atomic E-state index is 0.263. The summed E-state index contributed by atoms with van der Waals surface area (Å²) in [6.07, 6.45) is 2.22. The van der Waals surface area contributed by atoms with E-state index in [1.807, 2.05) is 18.2 Å². The fraction of sp³-hybridized carbons (Fsp3) is 0.385. The molecule has 1 aromatic carbocycles. The van der Waals surface area contributed by atoms with Crippen molar-refractivity contribution in [2.45, 2.75) is 26.8 Å². The van der Waals surface area contributed by atoms with Gasteiger partial charge in [-0.2, -0.15) is 0 Å². The zero-order valence-electron chi connectivity index (χ0n) is 9.55. The fourth-order valence-electron chi connectivity index (χ4n) is 1.53. The topological polar surface area (TPSA) is 12.0 Å². The third-order valence-corrected chi connectivity index (χ3v) is 2.37. The molecule has 0 amide bonds. The average molecular weight is 224 g/mol. The highest BCUT2D eigenvalue weighted by atomic mass is 35.5. The molecule has 0 aliphatic heterocycles. The van der Waals surface area contributed by atoms with E-state index >= 15 is 0 Å². The molecule has 1 rings (SSSR count). The van der Waals surface area contributed by atoms with E-state index in [0.29, 0.717) is 0 Å². The van der Waals surface area contributed by atoms with Crippen molar-refractivity contribution in [3.05, 3.63) is 46.5 Å². The molecule has 0 spiro atoms. The molecule has 0 bridgehead atoms. The minimum Gasteiger partial charge on any atom is -0.307 e. The summed E-state index contributed by atoms with van der Waals surface area (Å²) < 4.78 is 0. The van der Waals surface area contributed by atoms with E-state index in [-0.39, 0.29) is 6.04 Å². The average Bonchev–Trinajstić information content (AvgIpc) is 2.16. The summed E-state index contributed by atoms with van der Waals surface area (Å²) in [5.41, 5.74) is 2.52. The van der Waals surface area contributed by atoms with Gasteiger partial charge in [0.25, 0.3) is 0 Å². The molecule has 0 heterocycles. The van der Waals surface area contributed by atoms with Crippen LogP contribution in [0.15, 0.2) is 35.9 Å². The van der Waals surface area contributed by atoms with Crippen molar-refractivity contribution in [1.29, 1.82) is 0 Å². The van der Waals surface area contributed by atoms with Crippen molar-refractivity contribution in [2.75, 3.05) is 6.54 Å². The predicted molar refractivity (Wildman–Crippen MR) is 67.3 cm³/mol. The van der Waals surface area contributed by atoms with E-state index in [0.717, 1.165) is 11.6 Å². The quantitative estimate of drug-likeness (QED) is 0.762. The highest BCUT2D eigenvalue weighted by Crippen LogP contribution is 2.19. The highest BCUT2D eigenvalue weighted by Gasteiger charge is 2.06. The highest BCUT2D eigenvalue weighted by molar-refractivity contribution is 6.30. The van der Waals surface area contributed by atoms with Gasteiger partial charge in [-0.3, -0.25) is 0 Å². The lowest BCUT2D eigenvalue weighted by atomic mass is 10.0. The maximum absolute atomic E-state index is 5.98. The van der Waals surface area contributed by atoms with Crippen LogP contribution in [0, 0.1) is 0 Å². The molecule has 0 aliphatic carbocycles. The molecule has 0 saturated heterocycles. The van der Waals surface area contributed by atoms with Crippen LogP contribution in [0.3, 0.4) is 0 Å². The molecule has 0 aromatic heterocycles. The number of benzene rings is 1. The molecule has 82 valence electrons. The molecule has 0 saturated carbocycles. The van der Waals surface area contributed by atoms with Crippen LogP contribution in [0.2, 0.25) is 5.02 Å². The van der Waals surface area contributed by atoms with Crippen LogP contribution in [-0.2, 0) is 0 Å². The van der Waals surface area contributed by atoms with Crippen molar-refractivity contribution in [3.8, 4) is 0 Å². The van der Waals surface area contributed by atoms with E-state index in [1.165, 1.54) is 11.1 Å². The van der Waals surface area contributed by atoms with E-state index in [9.17, 15) is 0 Å². The van der Waals surface area contributed by atoms with Gasteiger partial charge in [0, 0.05) is 5.02 Å². The number of likely N-dealkylation sites (N-methyl/N-ethyl adjacent to an activating group) is 1. The number of hydrogen-bond acceptors (Lipinski definition) is 1. The Morgan fingerprint density at radius 2 is 2.20 bits per heavy atom. The van der Waals surface area contributed by atoms with Gasteiger partial charge in [0.2, 0.25) is 0 Å². The maximum atomic E-state index is 5.98. The maximum Gasteiger partial charge on any atom is 0.0509 e. The van der Waals surface area contributed by atoms with Crippen molar-refractivity contribution >= 4 is 11.6 Å². The largest absolute Gasteiger partial charge is 0.307 e. The van der Waals surface area contributed by atoms with Crippen LogP contribution in [0.5, 0.6) is 0 Å². The predicted octanol–water partition coefficient (Wildman–Crippen LogP) is 3.96. The Morgan fingerprint density at radius 3 is 2.73 bits per heavy atom. The summed E-state index contributed by atoms with van der Waals surface area (Å²) in [6, 6.07) is 8.25. The third kappa shape index (κ3) is 4.06. The van der Waals surface area contributed by atoms with Crippen molar-refractivity contribution < 1.29 is 0 Å². The summed E-state index contributed by atoms with van der Waals surface area (Å²) in [7, 11) is 0. The fourth-order valence-corrected chi connectivity index (χ4v) is 1.73. The Bertz CT molecular complexity index is 340. The Labute approximate surface area is 97.1 Å². The van der Waals surface area contributed by atoms with Crippen molar-refractivity contribution in [3.63, 3.8) is 0 Å². The molecule has 0 aliphatic rings. The first-order chi connectivity index (χ1) is 7.13. The van der Waals surface area contributed by atoms with Gasteiger partial charge in [0.05, 0.1) is 6.04 Å². The molecular weight excluding hydrogens is 206 g/mol. The number of hydrogen-bond donors (Lipinski definition) is 1. The summed E-state index contributed by atoms with van der Waals surface area (Å²) in [4.78, 5) is 0. The lowest BCUT2D eigenvalue weighted by molar-refractivity contribution is 0.645. The van der Waals surface area contributed by atoms with Crippen LogP contribution in [0.1, 0.15) is 32.4 Å². The van der Waals surface area contributed by atoms with E-state index in [4.69, 9.17) is 11.6 Å². The zero-order chi connectivity index (χ0) is 11.3. The normalized spacial score (nSPS) is 12.3. The molecule has 1 nitrogen and oxygen atoms in total. The van der Waals surface area contributed by atoms with Gasteiger partial charge in [-0.1, -0.05) is 42.3 Å². The number of halogens is 1. The molecular formula is C13H18ClN. The molecule has 15 heavy (non-hydrogen) atoms. The molecule has 1 aromatic rings. The summed E-state index contributed by atoms with van der Waals surface area (Å²) >= 11 is 5.98. The SMILES string of the molecule is CCNC(C=C(C)C)c1cccc(Cl)c1. The summed E-state index contributed by atoms with van der Waals surface area (Å²) in [5, 5.41) is 4.21. The first kappa shape index (κ1) is 12.3. The first-order valence-electron chi connectivity index (χ1n) is 5.27. The minimum absolute atomic E-state index is 0.263. The van der Waals surface area contributed by atoms with Crippen LogP contribution in [-0.4, -0.2) is 6.54 Å². The van der Waals surface area contributed by atoms with Gasteiger partial charge >= 0.3 is 0 Å². The molecule has 0 radical (unpaired) electrons. The van der Waals surface area contributed by atoms with Crippen LogP contribution in [0.4, 0.5) is 0 Å². The molecule has 1 N–H and O–H groups in total.